The summed E-state index contributed by atoms with van der Waals surface area (Å²) in [7, 11) is 0. The van der Waals surface area contributed by atoms with Crippen LogP contribution in [0.25, 0.3) is 0 Å². The van der Waals surface area contributed by atoms with Crippen LogP contribution in [0.4, 0.5) is 0 Å². The number of hydrogen-bond acceptors (Lipinski definition) is 2. The third kappa shape index (κ3) is 4.63. The van der Waals surface area contributed by atoms with Crippen LogP contribution in [-0.4, -0.2) is 12.1 Å². The molecule has 1 aromatic rings. The number of hydrogen-bond donors (Lipinski definition) is 0. The molecule has 7 atom stereocenters. The predicted octanol–water partition coefficient (Wildman–Crippen LogP) is 9.17. The Bertz CT molecular complexity index is 1000. The molecule has 2 heteroatoms. The molecular formula is C34H48O2. The topological polar surface area (TPSA) is 26.3 Å². The van der Waals surface area contributed by atoms with Crippen molar-refractivity contribution in [3.8, 4) is 0 Å². The van der Waals surface area contributed by atoms with E-state index >= 15 is 0 Å². The summed E-state index contributed by atoms with van der Waals surface area (Å²) >= 11 is 0. The molecule has 0 spiro atoms. The largest absolute Gasteiger partial charge is 0.458 e. The summed E-state index contributed by atoms with van der Waals surface area (Å²) in [5.74, 6) is 3.81. The zero-order chi connectivity index (χ0) is 25.5. The number of carbonyl (C=O) groups is 1. The van der Waals surface area contributed by atoms with Gasteiger partial charge in [0.15, 0.2) is 0 Å². The van der Waals surface area contributed by atoms with Gasteiger partial charge in [-0.15, -0.1) is 0 Å². The molecule has 196 valence electrons. The third-order valence-corrected chi connectivity index (χ3v) is 11.0. The highest BCUT2D eigenvalue weighted by atomic mass is 16.5. The van der Waals surface area contributed by atoms with E-state index in [1.165, 1.54) is 50.5 Å². The maximum Gasteiger partial charge on any atom is 0.338 e. The normalized spacial score (nSPS) is 36.3. The van der Waals surface area contributed by atoms with Crippen molar-refractivity contribution in [1.82, 2.24) is 0 Å². The Morgan fingerprint density at radius 1 is 0.944 bits per heavy atom. The lowest BCUT2D eigenvalue weighted by atomic mass is 9.50. The van der Waals surface area contributed by atoms with Gasteiger partial charge in [-0.05, 0) is 91.1 Å². The molecule has 0 aromatic heterocycles. The van der Waals surface area contributed by atoms with Crippen molar-refractivity contribution >= 4 is 5.97 Å². The quantitative estimate of drug-likeness (QED) is 0.358. The van der Waals surface area contributed by atoms with Crippen LogP contribution in [0.2, 0.25) is 0 Å². The third-order valence-electron chi connectivity index (χ3n) is 11.0. The van der Waals surface area contributed by atoms with Crippen LogP contribution in [0.1, 0.15) is 109 Å². The Balaban J connectivity index is 1.29. The van der Waals surface area contributed by atoms with E-state index in [-0.39, 0.29) is 17.5 Å². The van der Waals surface area contributed by atoms with Crippen molar-refractivity contribution in [3.05, 3.63) is 59.2 Å². The van der Waals surface area contributed by atoms with Gasteiger partial charge in [-0.1, -0.05) is 95.4 Å². The number of benzene rings is 1. The molecule has 0 heterocycles. The van der Waals surface area contributed by atoms with E-state index in [0.717, 1.165) is 42.9 Å². The van der Waals surface area contributed by atoms with Crippen molar-refractivity contribution in [2.75, 3.05) is 0 Å². The molecule has 0 aliphatic heterocycles. The number of ether oxygens (including phenoxy) is 1. The summed E-state index contributed by atoms with van der Waals surface area (Å²) in [6.07, 6.45) is 17.7. The summed E-state index contributed by atoms with van der Waals surface area (Å²) < 4.78 is 5.98. The van der Waals surface area contributed by atoms with Gasteiger partial charge in [0, 0.05) is 6.42 Å². The molecule has 5 rings (SSSR count). The minimum Gasteiger partial charge on any atom is -0.458 e. The second kappa shape index (κ2) is 10.1. The average molecular weight is 489 g/mol. The van der Waals surface area contributed by atoms with Crippen LogP contribution >= 0.6 is 0 Å². The second-order valence-corrected chi connectivity index (χ2v) is 13.5. The summed E-state index contributed by atoms with van der Waals surface area (Å²) in [6.45, 7) is 12.4. The van der Waals surface area contributed by atoms with Crippen LogP contribution in [0.5, 0.6) is 0 Å². The Hall–Kier alpha value is -1.83. The number of fused-ring (bicyclic) bond motifs is 5. The van der Waals surface area contributed by atoms with E-state index < -0.39 is 0 Å². The van der Waals surface area contributed by atoms with Crippen molar-refractivity contribution < 1.29 is 9.53 Å². The highest BCUT2D eigenvalue weighted by molar-refractivity contribution is 5.89. The molecule has 0 N–H and O–H groups in total. The molecule has 0 bridgehead atoms. The molecule has 4 aliphatic rings. The molecule has 0 unspecified atom stereocenters. The van der Waals surface area contributed by atoms with Crippen molar-refractivity contribution in [2.24, 2.45) is 40.4 Å². The van der Waals surface area contributed by atoms with E-state index in [1.807, 2.05) is 30.3 Å². The fraction of sp³-hybridized carbons (Fsp3) is 0.676. The molecule has 0 amide bonds. The van der Waals surface area contributed by atoms with Crippen LogP contribution in [0.3, 0.4) is 0 Å². The highest BCUT2D eigenvalue weighted by Gasteiger charge is 2.57. The first-order valence-corrected chi connectivity index (χ1v) is 14.9. The lowest BCUT2D eigenvalue weighted by molar-refractivity contribution is 0.00572. The smallest absolute Gasteiger partial charge is 0.338 e. The van der Waals surface area contributed by atoms with Gasteiger partial charge in [-0.25, -0.2) is 4.79 Å². The molecule has 4 aliphatic carbocycles. The molecule has 0 saturated heterocycles. The van der Waals surface area contributed by atoms with Gasteiger partial charge in [0.1, 0.15) is 6.10 Å². The van der Waals surface area contributed by atoms with Crippen molar-refractivity contribution in [3.63, 3.8) is 0 Å². The van der Waals surface area contributed by atoms with Gasteiger partial charge in [-0.3, -0.25) is 0 Å². The van der Waals surface area contributed by atoms with Gasteiger partial charge in [0.05, 0.1) is 5.56 Å². The molecule has 3 fully saturated rings. The van der Waals surface area contributed by atoms with E-state index in [9.17, 15) is 4.79 Å². The Kier molecular flexibility index (Phi) is 7.27. The summed E-state index contributed by atoms with van der Waals surface area (Å²) in [5.41, 5.74) is 4.66. The summed E-state index contributed by atoms with van der Waals surface area (Å²) in [4.78, 5) is 12.7. The first kappa shape index (κ1) is 25.8. The number of esters is 1. The van der Waals surface area contributed by atoms with E-state index in [2.05, 4.69) is 46.8 Å². The first-order chi connectivity index (χ1) is 17.2. The standard InChI is InChI=1S/C34H48O2/c1-23(2)10-9-11-24(3)29-16-17-30-28-15-14-26-22-27(36-32(35)25-12-7-6-8-13-25)18-20-33(26,4)31(28)19-21-34(29,30)5/h6-8,12-15,23-24,27,29-31H,9-11,16-22H2,1-5H3/t24-,27+,29-,30+,31-,33+,34-/m1/s1. The molecule has 36 heavy (non-hydrogen) atoms. The van der Waals surface area contributed by atoms with Crippen molar-refractivity contribution in [2.45, 2.75) is 105 Å². The summed E-state index contributed by atoms with van der Waals surface area (Å²) in [5, 5.41) is 0. The van der Waals surface area contributed by atoms with Gasteiger partial charge < -0.3 is 4.74 Å². The molecule has 1 aromatic carbocycles. The molecule has 0 radical (unpaired) electrons. The lowest BCUT2D eigenvalue weighted by Crippen LogP contribution is -2.46. The van der Waals surface area contributed by atoms with Gasteiger partial charge in [0.2, 0.25) is 0 Å². The van der Waals surface area contributed by atoms with Crippen LogP contribution in [0, 0.1) is 40.4 Å². The average Bonchev–Trinajstić information content (AvgIpc) is 3.22. The van der Waals surface area contributed by atoms with E-state index in [4.69, 9.17) is 4.74 Å². The van der Waals surface area contributed by atoms with E-state index in [1.54, 1.807) is 5.57 Å². The Morgan fingerprint density at radius 3 is 2.47 bits per heavy atom. The second-order valence-electron chi connectivity index (χ2n) is 13.5. The van der Waals surface area contributed by atoms with Gasteiger partial charge in [-0.2, -0.15) is 0 Å². The fourth-order valence-electron chi connectivity index (χ4n) is 8.89. The van der Waals surface area contributed by atoms with Crippen LogP contribution in [0.15, 0.2) is 53.6 Å². The molecule has 3 saturated carbocycles. The molecule has 2 nitrogen and oxygen atoms in total. The zero-order valence-electron chi connectivity index (χ0n) is 23.4. The van der Waals surface area contributed by atoms with Gasteiger partial charge in [0.25, 0.3) is 0 Å². The highest BCUT2D eigenvalue weighted by Crippen LogP contribution is 2.66. The number of allylic oxidation sites excluding steroid dienone is 3. The maximum atomic E-state index is 12.7. The maximum absolute atomic E-state index is 12.7. The van der Waals surface area contributed by atoms with Crippen molar-refractivity contribution in [1.29, 1.82) is 0 Å². The SMILES string of the molecule is CC(C)CCC[C@@H](C)[C@H]1CC[C@H]2C3=CC=C4C[C@@H](OC(=O)c5ccccc5)CC[C@]4(C)[C@@H]3CC[C@]12C. The Labute approximate surface area is 220 Å². The van der Waals surface area contributed by atoms with Crippen LogP contribution < -0.4 is 0 Å². The minimum atomic E-state index is -0.176. The first-order valence-electron chi connectivity index (χ1n) is 14.9. The van der Waals surface area contributed by atoms with E-state index in [0.29, 0.717) is 16.9 Å². The molecular weight excluding hydrogens is 440 g/mol. The Morgan fingerprint density at radius 2 is 1.72 bits per heavy atom. The van der Waals surface area contributed by atoms with Gasteiger partial charge >= 0.3 is 5.97 Å². The fourth-order valence-corrected chi connectivity index (χ4v) is 8.89. The summed E-state index contributed by atoms with van der Waals surface area (Å²) in [6, 6.07) is 9.45. The monoisotopic (exact) mass is 488 g/mol. The zero-order valence-corrected chi connectivity index (χ0v) is 23.4. The van der Waals surface area contributed by atoms with Crippen LogP contribution in [-0.2, 0) is 4.74 Å². The lowest BCUT2D eigenvalue weighted by Gasteiger charge is -2.55. The number of carbonyl (C=O) groups excluding carboxylic acids is 1. The number of rotatable bonds is 7. The predicted molar refractivity (Wildman–Crippen MR) is 149 cm³/mol. The minimum absolute atomic E-state index is 0.00314.